The van der Waals surface area contributed by atoms with Crippen molar-refractivity contribution in [1.29, 1.82) is 0 Å². The monoisotopic (exact) mass is 394 g/mol. The van der Waals surface area contributed by atoms with E-state index >= 15 is 0 Å². The van der Waals surface area contributed by atoms with Gasteiger partial charge in [-0.15, -0.1) is 0 Å². The zero-order chi connectivity index (χ0) is 20.8. The Hall–Kier alpha value is -3.13. The van der Waals surface area contributed by atoms with Crippen molar-refractivity contribution < 1.29 is 4.79 Å². The molecule has 1 atom stereocenters. The average Bonchev–Trinajstić information content (AvgIpc) is 3.24. The first-order valence-electron chi connectivity index (χ1n) is 9.98. The molecular formula is C21H26N6O2. The third kappa shape index (κ3) is 3.00. The number of aromatic amines is 1. The number of H-pyrrole nitrogens is 1. The van der Waals surface area contributed by atoms with Gasteiger partial charge < -0.3 is 20.9 Å². The molecule has 2 amide bonds. The van der Waals surface area contributed by atoms with Crippen molar-refractivity contribution in [2.75, 3.05) is 18.4 Å². The summed E-state index contributed by atoms with van der Waals surface area (Å²) in [5, 5.41) is 2.99. The molecule has 4 N–H and O–H groups in total. The van der Waals surface area contributed by atoms with E-state index < -0.39 is 5.54 Å². The molecule has 0 aliphatic heterocycles. The van der Waals surface area contributed by atoms with Crippen LogP contribution in [0.2, 0.25) is 0 Å². The topological polar surface area (TPSA) is 109 Å². The van der Waals surface area contributed by atoms with Gasteiger partial charge in [0.1, 0.15) is 0 Å². The van der Waals surface area contributed by atoms with E-state index in [4.69, 9.17) is 5.73 Å². The second-order valence-corrected chi connectivity index (χ2v) is 7.68. The first kappa shape index (κ1) is 19.2. The number of amides is 2. The van der Waals surface area contributed by atoms with Gasteiger partial charge in [-0.25, -0.2) is 9.78 Å². The van der Waals surface area contributed by atoms with Crippen LogP contribution in [0.25, 0.3) is 16.9 Å². The number of hydrogen-bond donors (Lipinski definition) is 3. The van der Waals surface area contributed by atoms with Crippen molar-refractivity contribution in [2.24, 2.45) is 5.73 Å². The number of nitrogens with two attached hydrogens (primary N) is 1. The van der Waals surface area contributed by atoms with Crippen LogP contribution in [0.5, 0.6) is 0 Å². The zero-order valence-corrected chi connectivity index (χ0v) is 17.0. The van der Waals surface area contributed by atoms with Gasteiger partial charge in [-0.05, 0) is 37.5 Å². The second-order valence-electron chi connectivity index (χ2n) is 7.68. The lowest BCUT2D eigenvalue weighted by Gasteiger charge is -2.24. The molecule has 0 bridgehead atoms. The van der Waals surface area contributed by atoms with E-state index in [0.29, 0.717) is 30.1 Å². The lowest BCUT2D eigenvalue weighted by molar-refractivity contribution is 0.211. The molecule has 0 unspecified atom stereocenters. The standard InChI is InChI=1S/C21H26N6O2/c1-4-9-26(10-5-2)20(29)24-13-6-7-14-15(12-13)21(3,22)17-16(14)25-19(28)18-23-8-11-27(17)18/h6-8,11-12H,4-5,9-10,22H2,1-3H3,(H,24,29)(H,25,28)/t21-/m1/s1. The fraction of sp³-hybridized carbons (Fsp3) is 0.381. The SMILES string of the molecule is CCCN(CCC)C(=O)Nc1ccc2c(c1)[C@@](C)(N)c1c-2[nH]c(=O)c2nccn12. The van der Waals surface area contributed by atoms with Gasteiger partial charge in [-0.2, -0.15) is 0 Å². The smallest absolute Gasteiger partial charge is 0.321 e. The third-order valence-corrected chi connectivity index (χ3v) is 5.43. The number of benzene rings is 1. The Bertz CT molecular complexity index is 1140. The Labute approximate surface area is 168 Å². The van der Waals surface area contributed by atoms with E-state index in [2.05, 4.69) is 29.1 Å². The predicted octanol–water partition coefficient (Wildman–Crippen LogP) is 2.88. The summed E-state index contributed by atoms with van der Waals surface area (Å²) in [6.07, 6.45) is 5.15. The Morgan fingerprint density at radius 3 is 2.72 bits per heavy atom. The van der Waals surface area contributed by atoms with Gasteiger partial charge >= 0.3 is 6.03 Å². The minimum absolute atomic E-state index is 0.117. The molecule has 152 valence electrons. The van der Waals surface area contributed by atoms with E-state index in [0.717, 1.165) is 29.7 Å². The number of carbonyl (C=O) groups excluding carboxylic acids is 1. The first-order valence-corrected chi connectivity index (χ1v) is 9.98. The molecule has 0 radical (unpaired) electrons. The van der Waals surface area contributed by atoms with Gasteiger partial charge in [-0.1, -0.05) is 19.9 Å². The largest absolute Gasteiger partial charge is 0.325 e. The Morgan fingerprint density at radius 2 is 2.03 bits per heavy atom. The van der Waals surface area contributed by atoms with E-state index in [-0.39, 0.29) is 11.6 Å². The summed E-state index contributed by atoms with van der Waals surface area (Å²) in [6.45, 7) is 7.44. The molecule has 0 saturated carbocycles. The minimum atomic E-state index is -0.846. The van der Waals surface area contributed by atoms with Crippen LogP contribution in [-0.2, 0) is 5.54 Å². The molecule has 8 nitrogen and oxygen atoms in total. The van der Waals surface area contributed by atoms with Crippen molar-refractivity contribution in [2.45, 2.75) is 39.2 Å². The van der Waals surface area contributed by atoms with Crippen LogP contribution in [0.1, 0.15) is 44.9 Å². The van der Waals surface area contributed by atoms with Crippen LogP contribution in [0.3, 0.4) is 0 Å². The van der Waals surface area contributed by atoms with Crippen LogP contribution < -0.4 is 16.6 Å². The summed E-state index contributed by atoms with van der Waals surface area (Å²) >= 11 is 0. The van der Waals surface area contributed by atoms with E-state index in [9.17, 15) is 9.59 Å². The summed E-state index contributed by atoms with van der Waals surface area (Å²) in [6, 6.07) is 5.51. The van der Waals surface area contributed by atoms with Gasteiger partial charge in [0.2, 0.25) is 5.65 Å². The summed E-state index contributed by atoms with van der Waals surface area (Å²) < 4.78 is 1.75. The molecule has 1 aromatic carbocycles. The lowest BCUT2D eigenvalue weighted by atomic mass is 9.93. The highest BCUT2D eigenvalue weighted by Gasteiger charge is 2.40. The molecule has 0 saturated heterocycles. The molecule has 8 heteroatoms. The summed E-state index contributed by atoms with van der Waals surface area (Å²) in [4.78, 5) is 33.9. The molecule has 3 aromatic rings. The number of rotatable bonds is 5. The van der Waals surface area contributed by atoms with Gasteiger partial charge in [0, 0.05) is 36.7 Å². The number of aromatic nitrogens is 3. The number of nitrogens with zero attached hydrogens (tertiary/aromatic N) is 3. The molecule has 2 aromatic heterocycles. The summed E-state index contributed by atoms with van der Waals surface area (Å²) in [5.74, 6) is 0. The number of imidazole rings is 1. The van der Waals surface area contributed by atoms with Gasteiger partial charge in [-0.3, -0.25) is 9.20 Å². The van der Waals surface area contributed by atoms with E-state index in [1.165, 1.54) is 0 Å². The molecule has 0 fully saturated rings. The predicted molar refractivity (Wildman–Crippen MR) is 113 cm³/mol. The summed E-state index contributed by atoms with van der Waals surface area (Å²) in [5.41, 5.74) is 9.80. The molecule has 0 spiro atoms. The van der Waals surface area contributed by atoms with Gasteiger partial charge in [0.15, 0.2) is 0 Å². The molecule has 4 rings (SSSR count). The fourth-order valence-electron chi connectivity index (χ4n) is 4.16. The van der Waals surface area contributed by atoms with Crippen molar-refractivity contribution >= 4 is 17.4 Å². The minimum Gasteiger partial charge on any atom is -0.325 e. The lowest BCUT2D eigenvalue weighted by Crippen LogP contribution is -2.36. The van der Waals surface area contributed by atoms with Crippen LogP contribution in [0.15, 0.2) is 35.4 Å². The van der Waals surface area contributed by atoms with E-state index in [1.54, 1.807) is 16.8 Å². The highest BCUT2D eigenvalue weighted by Crippen LogP contribution is 2.45. The van der Waals surface area contributed by atoms with Crippen molar-refractivity contribution in [3.63, 3.8) is 0 Å². The number of nitrogens with one attached hydrogen (secondary N) is 2. The van der Waals surface area contributed by atoms with Crippen LogP contribution >= 0.6 is 0 Å². The zero-order valence-electron chi connectivity index (χ0n) is 17.0. The average molecular weight is 394 g/mol. The van der Waals surface area contributed by atoms with Gasteiger partial charge in [0.05, 0.1) is 16.9 Å². The molecular weight excluding hydrogens is 368 g/mol. The highest BCUT2D eigenvalue weighted by molar-refractivity contribution is 5.90. The number of fused-ring (bicyclic) bond motifs is 5. The molecule has 29 heavy (non-hydrogen) atoms. The van der Waals surface area contributed by atoms with Crippen LogP contribution in [-0.4, -0.2) is 38.4 Å². The summed E-state index contributed by atoms with van der Waals surface area (Å²) in [7, 11) is 0. The van der Waals surface area contributed by atoms with Crippen LogP contribution in [0, 0.1) is 0 Å². The molecule has 1 aliphatic carbocycles. The number of anilines is 1. The first-order chi connectivity index (χ1) is 13.9. The number of urea groups is 1. The third-order valence-electron chi connectivity index (χ3n) is 5.43. The fourth-order valence-corrected chi connectivity index (χ4v) is 4.16. The van der Waals surface area contributed by atoms with Crippen LogP contribution in [0.4, 0.5) is 10.5 Å². The maximum Gasteiger partial charge on any atom is 0.321 e. The maximum atomic E-state index is 12.7. The van der Waals surface area contributed by atoms with Gasteiger partial charge in [0.25, 0.3) is 5.56 Å². The number of hydrogen-bond acceptors (Lipinski definition) is 4. The molecule has 2 heterocycles. The second kappa shape index (κ2) is 7.04. The maximum absolute atomic E-state index is 12.7. The highest BCUT2D eigenvalue weighted by atomic mass is 16.2. The quantitative estimate of drug-likeness (QED) is 0.618. The van der Waals surface area contributed by atoms with Crippen molar-refractivity contribution in [3.05, 3.63) is 52.2 Å². The number of carbonyl (C=O) groups is 1. The van der Waals surface area contributed by atoms with Crippen molar-refractivity contribution in [1.82, 2.24) is 19.3 Å². The Balaban J connectivity index is 1.74. The normalized spacial score (nSPS) is 17.2. The van der Waals surface area contributed by atoms with Crippen molar-refractivity contribution in [3.8, 4) is 11.3 Å². The van der Waals surface area contributed by atoms with E-state index in [1.807, 2.05) is 30.0 Å². The Kier molecular flexibility index (Phi) is 4.66. The Morgan fingerprint density at radius 1 is 1.31 bits per heavy atom. The molecule has 1 aliphatic rings.